The summed E-state index contributed by atoms with van der Waals surface area (Å²) in [5, 5.41) is 15.2. The van der Waals surface area contributed by atoms with Gasteiger partial charge in [-0.25, -0.2) is 0 Å². The smallest absolute Gasteiger partial charge is 0.225 e. The second-order valence-electron chi connectivity index (χ2n) is 6.00. The lowest BCUT2D eigenvalue weighted by Crippen LogP contribution is -2.34. The Hall–Kier alpha value is -1.39. The SMILES string of the molecule is Cc1ccc(NC(=O)CC(C)NCC(C)CCO)c(C)c1. The summed E-state index contributed by atoms with van der Waals surface area (Å²) in [4.78, 5) is 12.0. The fraction of sp³-hybridized carbons (Fsp3) is 0.588. The topological polar surface area (TPSA) is 61.4 Å². The van der Waals surface area contributed by atoms with Gasteiger partial charge in [0.2, 0.25) is 5.91 Å². The van der Waals surface area contributed by atoms with E-state index in [2.05, 4.69) is 23.6 Å². The molecule has 1 rings (SSSR count). The number of aliphatic hydroxyl groups excluding tert-OH is 1. The number of nitrogens with one attached hydrogen (secondary N) is 2. The summed E-state index contributed by atoms with van der Waals surface area (Å²) in [6.45, 7) is 9.17. The van der Waals surface area contributed by atoms with Crippen LogP contribution in [0.4, 0.5) is 5.69 Å². The quantitative estimate of drug-likeness (QED) is 0.690. The van der Waals surface area contributed by atoms with Crippen molar-refractivity contribution in [1.29, 1.82) is 0 Å². The van der Waals surface area contributed by atoms with Gasteiger partial charge in [0.05, 0.1) is 0 Å². The lowest BCUT2D eigenvalue weighted by molar-refractivity contribution is -0.116. The van der Waals surface area contributed by atoms with E-state index in [1.807, 2.05) is 32.9 Å². The van der Waals surface area contributed by atoms with Gasteiger partial charge in [0.1, 0.15) is 0 Å². The van der Waals surface area contributed by atoms with Gasteiger partial charge >= 0.3 is 0 Å². The van der Waals surface area contributed by atoms with Gasteiger partial charge in [-0.2, -0.15) is 0 Å². The van der Waals surface area contributed by atoms with Crippen LogP contribution >= 0.6 is 0 Å². The predicted molar refractivity (Wildman–Crippen MR) is 87.5 cm³/mol. The zero-order valence-corrected chi connectivity index (χ0v) is 13.6. The Kier molecular flexibility index (Phi) is 7.40. The summed E-state index contributed by atoms with van der Waals surface area (Å²) in [6, 6.07) is 6.13. The van der Waals surface area contributed by atoms with Crippen LogP contribution < -0.4 is 10.6 Å². The van der Waals surface area contributed by atoms with Gasteiger partial charge in [0, 0.05) is 24.8 Å². The summed E-state index contributed by atoms with van der Waals surface area (Å²) >= 11 is 0. The van der Waals surface area contributed by atoms with E-state index in [0.717, 1.165) is 24.2 Å². The fourth-order valence-corrected chi connectivity index (χ4v) is 2.23. The number of anilines is 1. The van der Waals surface area contributed by atoms with E-state index in [1.54, 1.807) is 0 Å². The molecule has 4 nitrogen and oxygen atoms in total. The molecule has 1 aromatic carbocycles. The molecule has 0 aliphatic rings. The summed E-state index contributed by atoms with van der Waals surface area (Å²) in [7, 11) is 0. The maximum atomic E-state index is 12.0. The predicted octanol–water partition coefficient (Wildman–Crippen LogP) is 2.63. The van der Waals surface area contributed by atoms with Crippen molar-refractivity contribution in [2.75, 3.05) is 18.5 Å². The maximum Gasteiger partial charge on any atom is 0.225 e. The molecule has 2 atom stereocenters. The molecule has 0 saturated carbocycles. The third kappa shape index (κ3) is 6.74. The number of aliphatic hydroxyl groups is 1. The molecule has 0 saturated heterocycles. The van der Waals surface area contributed by atoms with Crippen molar-refractivity contribution in [3.8, 4) is 0 Å². The minimum Gasteiger partial charge on any atom is -0.396 e. The Morgan fingerprint density at radius 2 is 2.00 bits per heavy atom. The van der Waals surface area contributed by atoms with Gasteiger partial charge < -0.3 is 15.7 Å². The molecule has 0 bridgehead atoms. The summed E-state index contributed by atoms with van der Waals surface area (Å²) in [6.07, 6.45) is 1.23. The van der Waals surface area contributed by atoms with Crippen molar-refractivity contribution in [3.63, 3.8) is 0 Å². The van der Waals surface area contributed by atoms with Gasteiger partial charge in [0.15, 0.2) is 0 Å². The highest BCUT2D eigenvalue weighted by atomic mass is 16.3. The van der Waals surface area contributed by atoms with Crippen molar-refractivity contribution >= 4 is 11.6 Å². The molecular weight excluding hydrogens is 264 g/mol. The normalized spacial score (nSPS) is 13.8. The number of amides is 1. The Morgan fingerprint density at radius 3 is 2.62 bits per heavy atom. The lowest BCUT2D eigenvalue weighted by atomic mass is 10.1. The third-order valence-electron chi connectivity index (χ3n) is 3.58. The first kappa shape index (κ1) is 17.7. The molecule has 0 aliphatic carbocycles. The molecule has 0 aliphatic heterocycles. The number of rotatable bonds is 8. The Morgan fingerprint density at radius 1 is 1.29 bits per heavy atom. The van der Waals surface area contributed by atoms with Crippen LogP contribution in [0.5, 0.6) is 0 Å². The number of carbonyl (C=O) groups excluding carboxylic acids is 1. The highest BCUT2D eigenvalue weighted by Crippen LogP contribution is 2.16. The monoisotopic (exact) mass is 292 g/mol. The van der Waals surface area contributed by atoms with Crippen LogP contribution in [0.15, 0.2) is 18.2 Å². The van der Waals surface area contributed by atoms with Crippen LogP contribution in [0, 0.1) is 19.8 Å². The standard InChI is InChI=1S/C17H28N2O2/c1-12-5-6-16(14(3)9-12)19-17(21)10-15(4)18-11-13(2)7-8-20/h5-6,9,13,15,18,20H,7-8,10-11H2,1-4H3,(H,19,21). The fourth-order valence-electron chi connectivity index (χ4n) is 2.23. The zero-order valence-electron chi connectivity index (χ0n) is 13.6. The molecule has 0 radical (unpaired) electrons. The van der Waals surface area contributed by atoms with Crippen molar-refractivity contribution in [3.05, 3.63) is 29.3 Å². The second kappa shape index (κ2) is 8.80. The summed E-state index contributed by atoms with van der Waals surface area (Å²) in [5.41, 5.74) is 3.16. The average molecular weight is 292 g/mol. The van der Waals surface area contributed by atoms with Crippen LogP contribution in [0.1, 0.15) is 37.8 Å². The number of hydrogen-bond donors (Lipinski definition) is 3. The van der Waals surface area contributed by atoms with Gasteiger partial charge in [0.25, 0.3) is 0 Å². The maximum absolute atomic E-state index is 12.0. The van der Waals surface area contributed by atoms with E-state index in [-0.39, 0.29) is 18.6 Å². The molecule has 3 N–H and O–H groups in total. The Bertz CT molecular complexity index is 460. The van der Waals surface area contributed by atoms with Crippen molar-refractivity contribution in [2.45, 2.75) is 46.6 Å². The average Bonchev–Trinajstić information content (AvgIpc) is 2.40. The third-order valence-corrected chi connectivity index (χ3v) is 3.58. The largest absolute Gasteiger partial charge is 0.396 e. The van der Waals surface area contributed by atoms with E-state index in [0.29, 0.717) is 12.3 Å². The highest BCUT2D eigenvalue weighted by molar-refractivity contribution is 5.91. The highest BCUT2D eigenvalue weighted by Gasteiger charge is 2.11. The molecule has 0 heterocycles. The number of carbonyl (C=O) groups is 1. The van der Waals surface area contributed by atoms with Crippen LogP contribution in [0.25, 0.3) is 0 Å². The minimum absolute atomic E-state index is 0.0248. The zero-order chi connectivity index (χ0) is 15.8. The first-order valence-corrected chi connectivity index (χ1v) is 7.63. The molecule has 118 valence electrons. The van der Waals surface area contributed by atoms with Gasteiger partial charge in [-0.1, -0.05) is 24.6 Å². The molecule has 0 spiro atoms. The van der Waals surface area contributed by atoms with E-state index < -0.39 is 0 Å². The van der Waals surface area contributed by atoms with Gasteiger partial charge in [-0.05, 0) is 51.3 Å². The molecule has 21 heavy (non-hydrogen) atoms. The van der Waals surface area contributed by atoms with Crippen molar-refractivity contribution < 1.29 is 9.90 Å². The Balaban J connectivity index is 2.39. The van der Waals surface area contributed by atoms with Gasteiger partial charge in [-0.15, -0.1) is 0 Å². The van der Waals surface area contributed by atoms with E-state index in [4.69, 9.17) is 5.11 Å². The number of aryl methyl sites for hydroxylation is 2. The van der Waals surface area contributed by atoms with Crippen LogP contribution in [0.2, 0.25) is 0 Å². The molecular formula is C17H28N2O2. The lowest BCUT2D eigenvalue weighted by Gasteiger charge is -2.17. The molecule has 1 aromatic rings. The van der Waals surface area contributed by atoms with Crippen LogP contribution in [0.3, 0.4) is 0 Å². The summed E-state index contributed by atoms with van der Waals surface area (Å²) < 4.78 is 0. The molecule has 2 unspecified atom stereocenters. The van der Waals surface area contributed by atoms with E-state index >= 15 is 0 Å². The molecule has 1 amide bonds. The van der Waals surface area contributed by atoms with Crippen LogP contribution in [-0.4, -0.2) is 30.2 Å². The van der Waals surface area contributed by atoms with Crippen LogP contribution in [-0.2, 0) is 4.79 Å². The van der Waals surface area contributed by atoms with E-state index in [1.165, 1.54) is 5.56 Å². The molecule has 0 aromatic heterocycles. The Labute approximate surface area is 128 Å². The second-order valence-corrected chi connectivity index (χ2v) is 6.00. The van der Waals surface area contributed by atoms with Crippen molar-refractivity contribution in [2.24, 2.45) is 5.92 Å². The molecule has 4 heteroatoms. The minimum atomic E-state index is 0.0248. The summed E-state index contributed by atoms with van der Waals surface area (Å²) in [5.74, 6) is 0.441. The number of hydrogen-bond acceptors (Lipinski definition) is 3. The first-order chi connectivity index (χ1) is 9.92. The van der Waals surface area contributed by atoms with E-state index in [9.17, 15) is 4.79 Å². The number of benzene rings is 1. The van der Waals surface area contributed by atoms with Gasteiger partial charge in [-0.3, -0.25) is 4.79 Å². The molecule has 0 fully saturated rings. The first-order valence-electron chi connectivity index (χ1n) is 7.63. The van der Waals surface area contributed by atoms with Crippen molar-refractivity contribution in [1.82, 2.24) is 5.32 Å².